The summed E-state index contributed by atoms with van der Waals surface area (Å²) in [6.07, 6.45) is 43.3. The number of nitrogens with zero attached hydrogens (tertiary/aromatic N) is 20. The maximum atomic E-state index is 4.24. The highest BCUT2D eigenvalue weighted by molar-refractivity contribution is 5.85. The number of benzene rings is 1. The van der Waals surface area contributed by atoms with Crippen LogP contribution >= 0.6 is 0 Å². The van der Waals surface area contributed by atoms with Crippen molar-refractivity contribution in [3.63, 3.8) is 0 Å². The van der Waals surface area contributed by atoms with E-state index in [4.69, 9.17) is 0 Å². The summed E-state index contributed by atoms with van der Waals surface area (Å²) in [4.78, 5) is 82.7. The topological polar surface area (TPSA) is 258 Å². The Labute approximate surface area is 774 Å². The molecular weight excluding hydrogens is 1600 g/mol. The van der Waals surface area contributed by atoms with Crippen LogP contribution in [0.3, 0.4) is 0 Å². The number of aromatic nitrogens is 20. The molecule has 0 aliphatic rings. The monoisotopic (exact) mass is 1740 g/mol. The van der Waals surface area contributed by atoms with Gasteiger partial charge in [-0.25, -0.2) is 19.9 Å². The molecule has 0 amide bonds. The molecule has 20 aromatic rings. The smallest absolute Gasteiger partial charge is 0.159 e. The highest BCUT2D eigenvalue weighted by atomic mass is 14.8. The molecular formula is C110H140N20. The number of hydrogen-bond donors (Lipinski definition) is 0. The standard InChI is InChI=1S/10C9H8N2.10C2H6/c1-7-9-3-4-10-6-8(9)2-5-11-7;1-7-4-9-5-10-3-2-8(9)6-11-7;1-7-4-8-2-3-10-5-9(8)6-11-7;1-7-4-8-6-10-3-2-9(8)11-5-7;1-7-4-8-2-3-10-6-9(8)11-5-7;1-7-8-3-2-5-11-9(8)4-6-10-7;1-7-5-9-8(6-11-7)3-2-4-10-9;1-7-5-9-8(11-6-7)3-2-4-10-9;1-7-5-8-3-2-4-10-9(8)11-6-7;1-7-8-4-2-3-5-9(8)11-6-10-7;10*1-2/h10*2-6H,1H3;10*1-2H3. The van der Waals surface area contributed by atoms with Crippen molar-refractivity contribution in [1.82, 2.24) is 99.7 Å². The van der Waals surface area contributed by atoms with Crippen molar-refractivity contribution in [1.29, 1.82) is 0 Å². The maximum absolute atomic E-state index is 4.24. The fourth-order valence-electron chi connectivity index (χ4n) is 11.0. The summed E-state index contributed by atoms with van der Waals surface area (Å²) in [5.74, 6) is 0. The van der Waals surface area contributed by atoms with Crippen LogP contribution in [0.15, 0.2) is 307 Å². The van der Waals surface area contributed by atoms with Gasteiger partial charge in [0.2, 0.25) is 0 Å². The second-order valence-corrected chi connectivity index (χ2v) is 25.3. The molecule has 0 saturated carbocycles. The van der Waals surface area contributed by atoms with Gasteiger partial charge in [0.25, 0.3) is 0 Å². The fraction of sp³-hybridized carbons (Fsp3) is 0.273. The van der Waals surface area contributed by atoms with Gasteiger partial charge in [-0.3, -0.25) is 79.7 Å². The van der Waals surface area contributed by atoms with E-state index in [2.05, 4.69) is 124 Å². The van der Waals surface area contributed by atoms with Gasteiger partial charge in [-0.15, -0.1) is 0 Å². The minimum absolute atomic E-state index is 0.818. The van der Waals surface area contributed by atoms with Crippen LogP contribution in [0.2, 0.25) is 0 Å². The molecule has 0 saturated heterocycles. The molecule has 0 unspecified atom stereocenters. The van der Waals surface area contributed by atoms with E-state index in [-0.39, 0.29) is 0 Å². The van der Waals surface area contributed by atoms with Crippen molar-refractivity contribution < 1.29 is 0 Å². The molecule has 20 rings (SSSR count). The van der Waals surface area contributed by atoms with Gasteiger partial charge in [-0.05, 0) is 236 Å². The van der Waals surface area contributed by atoms with Crippen LogP contribution in [-0.2, 0) is 0 Å². The van der Waals surface area contributed by atoms with E-state index in [9.17, 15) is 0 Å². The van der Waals surface area contributed by atoms with Gasteiger partial charge >= 0.3 is 0 Å². The summed E-state index contributed by atoms with van der Waals surface area (Å²) < 4.78 is 0. The molecule has 680 valence electrons. The van der Waals surface area contributed by atoms with Crippen LogP contribution < -0.4 is 0 Å². The molecule has 130 heavy (non-hydrogen) atoms. The van der Waals surface area contributed by atoms with Crippen molar-refractivity contribution in [2.75, 3.05) is 0 Å². The Kier molecular flexibility index (Phi) is 61.0. The summed E-state index contributed by atoms with van der Waals surface area (Å²) >= 11 is 0. The molecule has 0 radical (unpaired) electrons. The predicted octanol–water partition coefficient (Wildman–Crippen LogP) is 29.6. The van der Waals surface area contributed by atoms with E-state index < -0.39 is 0 Å². The van der Waals surface area contributed by atoms with Crippen molar-refractivity contribution >= 4 is 109 Å². The van der Waals surface area contributed by atoms with Crippen molar-refractivity contribution in [2.24, 2.45) is 0 Å². The number of aryl methyl sites for hydroxylation is 10. The lowest BCUT2D eigenvalue weighted by atomic mass is 10.2. The Morgan fingerprint density at radius 3 is 1.17 bits per heavy atom. The zero-order valence-corrected chi connectivity index (χ0v) is 82.8. The number of fused-ring (bicyclic) bond motifs is 10. The highest BCUT2D eigenvalue weighted by Crippen LogP contribution is 2.19. The third-order valence-electron chi connectivity index (χ3n) is 16.6. The van der Waals surface area contributed by atoms with Crippen LogP contribution in [0.1, 0.15) is 195 Å². The number of hydrogen-bond acceptors (Lipinski definition) is 20. The first kappa shape index (κ1) is 114. The van der Waals surface area contributed by atoms with E-state index in [0.717, 1.165) is 138 Å². The van der Waals surface area contributed by atoms with Crippen molar-refractivity contribution in [2.45, 2.75) is 208 Å². The first-order valence-corrected chi connectivity index (χ1v) is 45.3. The summed E-state index contributed by atoms with van der Waals surface area (Å²) in [6, 6.07) is 51.7. The Balaban J connectivity index is 0.000000706. The van der Waals surface area contributed by atoms with Gasteiger partial charge in [0, 0.05) is 230 Å². The number of pyridine rings is 18. The van der Waals surface area contributed by atoms with E-state index in [1.54, 1.807) is 80.7 Å². The first-order valence-electron chi connectivity index (χ1n) is 45.3. The normalized spacial score (nSPS) is 9.15. The Bertz CT molecular complexity index is 5400. The Morgan fingerprint density at radius 2 is 0.546 bits per heavy atom. The largest absolute Gasteiger partial charge is 0.264 e. The van der Waals surface area contributed by atoms with Crippen LogP contribution in [0.25, 0.3) is 109 Å². The first-order chi connectivity index (χ1) is 63.7. The van der Waals surface area contributed by atoms with Gasteiger partial charge in [0.15, 0.2) is 5.65 Å². The minimum Gasteiger partial charge on any atom is -0.264 e. The van der Waals surface area contributed by atoms with Crippen LogP contribution in [0, 0.1) is 69.2 Å². The zero-order valence-electron chi connectivity index (χ0n) is 82.8. The molecule has 0 aliphatic carbocycles. The van der Waals surface area contributed by atoms with Gasteiger partial charge in [-0.1, -0.05) is 157 Å². The Morgan fingerprint density at radius 1 is 0.162 bits per heavy atom. The third-order valence-corrected chi connectivity index (χ3v) is 16.6. The second-order valence-electron chi connectivity index (χ2n) is 25.3. The third kappa shape index (κ3) is 40.5. The van der Waals surface area contributed by atoms with Crippen molar-refractivity contribution in [3.05, 3.63) is 363 Å². The summed E-state index contributed by atoms with van der Waals surface area (Å²) in [5, 5.41) is 13.7. The average Bonchev–Trinajstić information content (AvgIpc) is 0.832. The van der Waals surface area contributed by atoms with Gasteiger partial charge in [0.1, 0.15) is 6.33 Å². The molecule has 19 heterocycles. The molecule has 20 heteroatoms. The second kappa shape index (κ2) is 69.8. The van der Waals surface area contributed by atoms with E-state index in [0.29, 0.717) is 0 Å². The lowest BCUT2D eigenvalue weighted by Crippen LogP contribution is -1.85. The van der Waals surface area contributed by atoms with Crippen LogP contribution in [0.4, 0.5) is 0 Å². The molecule has 0 N–H and O–H groups in total. The molecule has 0 spiro atoms. The molecule has 0 bridgehead atoms. The zero-order chi connectivity index (χ0) is 96.8. The molecule has 1 aromatic carbocycles. The van der Waals surface area contributed by atoms with Crippen molar-refractivity contribution in [3.8, 4) is 0 Å². The van der Waals surface area contributed by atoms with Gasteiger partial charge < -0.3 is 0 Å². The molecule has 0 atom stereocenters. The summed E-state index contributed by atoms with van der Waals surface area (Å²) in [6.45, 7) is 60.0. The lowest BCUT2D eigenvalue weighted by molar-refractivity contribution is 1.15. The summed E-state index contributed by atoms with van der Waals surface area (Å²) in [5.41, 5.74) is 18.6. The highest BCUT2D eigenvalue weighted by Gasteiger charge is 2.02. The number of para-hydroxylation sites is 1. The number of rotatable bonds is 0. The quantitative estimate of drug-likeness (QED) is 0.137. The van der Waals surface area contributed by atoms with Crippen LogP contribution in [-0.4, -0.2) is 99.7 Å². The van der Waals surface area contributed by atoms with E-state index in [1.807, 2.05) is 409 Å². The lowest BCUT2D eigenvalue weighted by Gasteiger charge is -1.97. The fourth-order valence-corrected chi connectivity index (χ4v) is 11.0. The molecule has 20 nitrogen and oxygen atoms in total. The SMILES string of the molecule is CC.CC.CC.CC.CC.CC.CC.CC.CC.CC.Cc1cc2ccncc2cn1.Cc1cc2cnccc2cn1.Cc1cc2ncccc2cn1.Cc1cnc2cccnc2c1.Cc1cnc2ccncc2c1.Cc1cnc2cnccc2c1.Cc1cnc2ncccc2c1.Cc1nccc2cnccc12.Cc1nccc2ncccc12.Cc1ncnc2ccccc12. The molecule has 0 fully saturated rings. The van der Waals surface area contributed by atoms with Gasteiger partial charge in [-0.2, -0.15) is 0 Å². The van der Waals surface area contributed by atoms with E-state index >= 15 is 0 Å². The van der Waals surface area contributed by atoms with Crippen LogP contribution in [0.5, 0.6) is 0 Å². The average molecular weight is 1740 g/mol. The van der Waals surface area contributed by atoms with Gasteiger partial charge in [0.05, 0.1) is 44.8 Å². The predicted molar refractivity (Wildman–Crippen MR) is 556 cm³/mol. The maximum Gasteiger partial charge on any atom is 0.159 e. The molecule has 19 aromatic heterocycles. The minimum atomic E-state index is 0.818. The van der Waals surface area contributed by atoms with E-state index in [1.165, 1.54) is 27.5 Å². The molecule has 0 aliphatic heterocycles. The Hall–Kier alpha value is -14.4. The summed E-state index contributed by atoms with van der Waals surface area (Å²) in [7, 11) is 0.